The summed E-state index contributed by atoms with van der Waals surface area (Å²) in [6.07, 6.45) is 4.12. The van der Waals surface area contributed by atoms with E-state index in [0.29, 0.717) is 11.4 Å². The van der Waals surface area contributed by atoms with Gasteiger partial charge in [-0.25, -0.2) is 13.5 Å². The van der Waals surface area contributed by atoms with Gasteiger partial charge in [-0.15, -0.1) is 11.8 Å². The van der Waals surface area contributed by atoms with Gasteiger partial charge < -0.3 is 5.32 Å². The number of nitrogens with one attached hydrogen (secondary N) is 1. The van der Waals surface area contributed by atoms with Crippen LogP contribution >= 0.6 is 11.8 Å². The third kappa shape index (κ3) is 4.09. The molecule has 7 heteroatoms. The fourth-order valence-corrected chi connectivity index (χ4v) is 4.22. The fourth-order valence-electron chi connectivity index (χ4n) is 3.49. The second-order valence-corrected chi connectivity index (χ2v) is 7.75. The Bertz CT molecular complexity index is 970. The van der Waals surface area contributed by atoms with Gasteiger partial charge in [-0.1, -0.05) is 18.2 Å². The molecule has 28 heavy (non-hydrogen) atoms. The molecule has 1 aliphatic carbocycles. The first-order valence-electron chi connectivity index (χ1n) is 9.10. The first-order valence-corrected chi connectivity index (χ1v) is 10.1. The van der Waals surface area contributed by atoms with E-state index in [2.05, 4.69) is 10.4 Å². The van der Waals surface area contributed by atoms with Crippen molar-refractivity contribution in [2.24, 2.45) is 0 Å². The van der Waals surface area contributed by atoms with Gasteiger partial charge in [-0.05, 0) is 43.5 Å². The molecule has 4 rings (SSSR count). The lowest BCUT2D eigenvalue weighted by atomic mass is 9.93. The van der Waals surface area contributed by atoms with Gasteiger partial charge in [0.25, 0.3) is 0 Å². The van der Waals surface area contributed by atoms with Crippen LogP contribution < -0.4 is 5.32 Å². The maximum Gasteiger partial charge on any atom is 0.230 e. The van der Waals surface area contributed by atoms with Gasteiger partial charge in [0.15, 0.2) is 0 Å². The number of carbonyl (C=O) groups is 1. The van der Waals surface area contributed by atoms with Crippen LogP contribution in [0.3, 0.4) is 0 Å². The van der Waals surface area contributed by atoms with Crippen molar-refractivity contribution in [3.05, 3.63) is 77.6 Å². The minimum atomic E-state index is -0.641. The summed E-state index contributed by atoms with van der Waals surface area (Å²) in [7, 11) is 0. The van der Waals surface area contributed by atoms with Crippen LogP contribution in [0.1, 0.15) is 30.1 Å². The SMILES string of the molecule is O=C(CSc1ccccc1)NC1CCCc2c1cnn2-c1cc(F)cc(F)c1. The number of aromatic nitrogens is 2. The number of carbonyl (C=O) groups excluding carboxylic acids is 1. The zero-order valence-corrected chi connectivity index (χ0v) is 15.9. The van der Waals surface area contributed by atoms with E-state index in [1.807, 2.05) is 30.3 Å². The number of amides is 1. The first-order chi connectivity index (χ1) is 13.6. The topological polar surface area (TPSA) is 46.9 Å². The van der Waals surface area contributed by atoms with Crippen molar-refractivity contribution in [1.82, 2.24) is 15.1 Å². The third-order valence-corrected chi connectivity index (χ3v) is 5.74. The quantitative estimate of drug-likeness (QED) is 0.646. The number of thioether (sulfide) groups is 1. The molecule has 144 valence electrons. The fraction of sp³-hybridized carbons (Fsp3) is 0.238. The van der Waals surface area contributed by atoms with Crippen molar-refractivity contribution in [2.45, 2.75) is 30.2 Å². The Labute approximate surface area is 166 Å². The van der Waals surface area contributed by atoms with Crippen molar-refractivity contribution in [1.29, 1.82) is 0 Å². The molecule has 0 fully saturated rings. The Hall–Kier alpha value is -2.67. The minimum Gasteiger partial charge on any atom is -0.348 e. The summed E-state index contributed by atoms with van der Waals surface area (Å²) < 4.78 is 28.7. The summed E-state index contributed by atoms with van der Waals surface area (Å²) in [5.74, 6) is -0.994. The summed E-state index contributed by atoms with van der Waals surface area (Å²) in [6.45, 7) is 0. The Morgan fingerprint density at radius 2 is 1.93 bits per heavy atom. The summed E-state index contributed by atoms with van der Waals surface area (Å²) in [5, 5.41) is 7.40. The largest absolute Gasteiger partial charge is 0.348 e. The van der Waals surface area contributed by atoms with E-state index >= 15 is 0 Å². The van der Waals surface area contributed by atoms with Gasteiger partial charge in [0.2, 0.25) is 5.91 Å². The predicted octanol–water partition coefficient (Wildman–Crippen LogP) is 4.44. The molecule has 0 saturated heterocycles. The van der Waals surface area contributed by atoms with E-state index in [9.17, 15) is 13.6 Å². The van der Waals surface area contributed by atoms with Crippen molar-refractivity contribution < 1.29 is 13.6 Å². The first kappa shape index (κ1) is 18.7. The van der Waals surface area contributed by atoms with Crippen molar-refractivity contribution in [2.75, 3.05) is 5.75 Å². The maximum atomic E-state index is 13.6. The summed E-state index contributed by atoms with van der Waals surface area (Å²) in [4.78, 5) is 13.4. The average Bonchev–Trinajstić information content (AvgIpc) is 3.12. The lowest BCUT2D eigenvalue weighted by Crippen LogP contribution is -2.32. The van der Waals surface area contributed by atoms with Crippen LogP contribution in [0, 0.1) is 11.6 Å². The molecule has 1 heterocycles. The highest BCUT2D eigenvalue weighted by Crippen LogP contribution is 2.31. The van der Waals surface area contributed by atoms with Gasteiger partial charge in [-0.3, -0.25) is 4.79 Å². The van der Waals surface area contributed by atoms with Crippen LogP contribution in [-0.2, 0) is 11.2 Å². The Balaban J connectivity index is 1.48. The van der Waals surface area contributed by atoms with E-state index in [1.54, 1.807) is 10.9 Å². The summed E-state index contributed by atoms with van der Waals surface area (Å²) >= 11 is 1.49. The molecule has 1 N–H and O–H groups in total. The van der Waals surface area contributed by atoms with Gasteiger partial charge in [0, 0.05) is 22.2 Å². The standard InChI is InChI=1S/C21H19F2N3OS/c22-14-9-15(23)11-16(10-14)26-20-8-4-7-19(18(20)12-24-26)25-21(27)13-28-17-5-2-1-3-6-17/h1-3,5-6,9-12,19H,4,7-8,13H2,(H,25,27). The molecule has 3 aromatic rings. The molecule has 2 aromatic carbocycles. The highest BCUT2D eigenvalue weighted by Gasteiger charge is 2.26. The molecule has 0 aliphatic heterocycles. The number of benzene rings is 2. The molecule has 1 amide bonds. The van der Waals surface area contributed by atoms with Gasteiger partial charge >= 0.3 is 0 Å². The molecule has 1 atom stereocenters. The number of hydrogen-bond acceptors (Lipinski definition) is 3. The lowest BCUT2D eigenvalue weighted by molar-refractivity contribution is -0.119. The Morgan fingerprint density at radius 3 is 2.68 bits per heavy atom. The van der Waals surface area contributed by atoms with Crippen LogP contribution in [0.4, 0.5) is 8.78 Å². The second kappa shape index (κ2) is 8.14. The smallest absolute Gasteiger partial charge is 0.230 e. The molecule has 4 nitrogen and oxygen atoms in total. The maximum absolute atomic E-state index is 13.6. The molecule has 1 unspecified atom stereocenters. The molecule has 0 radical (unpaired) electrons. The molecule has 0 bridgehead atoms. The molecular weight excluding hydrogens is 380 g/mol. The third-order valence-electron chi connectivity index (χ3n) is 4.72. The second-order valence-electron chi connectivity index (χ2n) is 6.70. The zero-order chi connectivity index (χ0) is 19.5. The summed E-state index contributed by atoms with van der Waals surface area (Å²) in [6, 6.07) is 13.0. The van der Waals surface area contributed by atoms with Gasteiger partial charge in [-0.2, -0.15) is 5.10 Å². The lowest BCUT2D eigenvalue weighted by Gasteiger charge is -2.24. The zero-order valence-electron chi connectivity index (χ0n) is 15.1. The number of nitrogens with zero attached hydrogens (tertiary/aromatic N) is 2. The molecular formula is C21H19F2N3OS. The van der Waals surface area contributed by atoms with Crippen LogP contribution in [0.2, 0.25) is 0 Å². The van der Waals surface area contributed by atoms with Crippen LogP contribution in [0.5, 0.6) is 0 Å². The van der Waals surface area contributed by atoms with Crippen LogP contribution in [-0.4, -0.2) is 21.4 Å². The van der Waals surface area contributed by atoms with Crippen molar-refractivity contribution in [3.8, 4) is 5.69 Å². The monoisotopic (exact) mass is 399 g/mol. The van der Waals surface area contributed by atoms with E-state index in [4.69, 9.17) is 0 Å². The van der Waals surface area contributed by atoms with Crippen LogP contribution in [0.15, 0.2) is 59.6 Å². The molecule has 0 spiro atoms. The number of rotatable bonds is 5. The van der Waals surface area contributed by atoms with Crippen molar-refractivity contribution >= 4 is 17.7 Å². The van der Waals surface area contributed by atoms with E-state index in [0.717, 1.165) is 41.5 Å². The molecule has 0 saturated carbocycles. The van der Waals surface area contributed by atoms with E-state index in [-0.39, 0.29) is 11.9 Å². The highest BCUT2D eigenvalue weighted by atomic mass is 32.2. The normalized spacial score (nSPS) is 15.9. The highest BCUT2D eigenvalue weighted by molar-refractivity contribution is 8.00. The van der Waals surface area contributed by atoms with Crippen LogP contribution in [0.25, 0.3) is 5.69 Å². The van der Waals surface area contributed by atoms with Gasteiger partial charge in [0.1, 0.15) is 11.6 Å². The minimum absolute atomic E-state index is 0.0451. The Morgan fingerprint density at radius 1 is 1.18 bits per heavy atom. The number of hydrogen-bond donors (Lipinski definition) is 1. The number of fused-ring (bicyclic) bond motifs is 1. The predicted molar refractivity (Wildman–Crippen MR) is 104 cm³/mol. The molecule has 1 aliphatic rings. The van der Waals surface area contributed by atoms with Crippen molar-refractivity contribution in [3.63, 3.8) is 0 Å². The molecule has 1 aromatic heterocycles. The Kier molecular flexibility index (Phi) is 5.43. The van der Waals surface area contributed by atoms with Gasteiger partial charge in [0.05, 0.1) is 23.7 Å². The van der Waals surface area contributed by atoms with E-state index in [1.165, 1.54) is 23.9 Å². The average molecular weight is 399 g/mol. The summed E-state index contributed by atoms with van der Waals surface area (Å²) in [5.41, 5.74) is 2.15. The number of halogens is 2. The van der Waals surface area contributed by atoms with E-state index < -0.39 is 11.6 Å².